The van der Waals surface area contributed by atoms with Crippen LogP contribution < -0.4 is 15.6 Å². The van der Waals surface area contributed by atoms with Crippen LogP contribution in [0.15, 0.2) is 53.3 Å². The van der Waals surface area contributed by atoms with Gasteiger partial charge < -0.3 is 10.2 Å². The van der Waals surface area contributed by atoms with Gasteiger partial charge >= 0.3 is 6.18 Å². The van der Waals surface area contributed by atoms with E-state index < -0.39 is 34.6 Å². The molecule has 1 aliphatic rings. The number of benzene rings is 2. The molecule has 172 valence electrons. The van der Waals surface area contributed by atoms with Gasteiger partial charge in [-0.3, -0.25) is 9.59 Å². The van der Waals surface area contributed by atoms with Gasteiger partial charge in [-0.15, -0.1) is 0 Å². The first-order valence-corrected chi connectivity index (χ1v) is 10.3. The van der Waals surface area contributed by atoms with Crippen molar-refractivity contribution in [2.45, 2.75) is 25.9 Å². The standard InChI is InChI=1S/C23H20F4N4O2/c1-14-12-20(32)21(29-31(14)18-7-3-2-6-16(18)24)22(33)28-17-13-15(23(25,26)27)8-9-19(17)30-10-4-5-11-30/h2-3,6-9,12-13H,4-5,10-11H2,1H3,(H,28,33). The van der Waals surface area contributed by atoms with Crippen LogP contribution in [0, 0.1) is 12.7 Å². The molecule has 1 N–H and O–H groups in total. The number of aryl methyl sites for hydroxylation is 1. The van der Waals surface area contributed by atoms with Crippen molar-refractivity contribution < 1.29 is 22.4 Å². The lowest BCUT2D eigenvalue weighted by Crippen LogP contribution is -2.28. The molecule has 0 aliphatic carbocycles. The summed E-state index contributed by atoms with van der Waals surface area (Å²) < 4.78 is 55.3. The molecule has 6 nitrogen and oxygen atoms in total. The highest BCUT2D eigenvalue weighted by Gasteiger charge is 2.32. The van der Waals surface area contributed by atoms with Crippen molar-refractivity contribution in [3.8, 4) is 5.69 Å². The fourth-order valence-corrected chi connectivity index (χ4v) is 3.80. The van der Waals surface area contributed by atoms with E-state index in [1.807, 2.05) is 4.90 Å². The van der Waals surface area contributed by atoms with E-state index in [1.165, 1.54) is 31.2 Å². The number of nitrogens with one attached hydrogen (secondary N) is 1. The van der Waals surface area contributed by atoms with Crippen LogP contribution in [-0.2, 0) is 6.18 Å². The zero-order valence-corrected chi connectivity index (χ0v) is 17.6. The summed E-state index contributed by atoms with van der Waals surface area (Å²) in [6.45, 7) is 2.80. The fraction of sp³-hybridized carbons (Fsp3) is 0.261. The normalized spacial score (nSPS) is 13.9. The highest BCUT2D eigenvalue weighted by atomic mass is 19.4. The Morgan fingerprint density at radius 1 is 1.03 bits per heavy atom. The second kappa shape index (κ2) is 8.68. The Bertz CT molecular complexity index is 1260. The number of carbonyl (C=O) groups excluding carboxylic acids is 1. The molecule has 1 aliphatic heterocycles. The van der Waals surface area contributed by atoms with Crippen LogP contribution in [0.1, 0.15) is 34.6 Å². The summed E-state index contributed by atoms with van der Waals surface area (Å²) in [6.07, 6.45) is -2.86. The number of rotatable bonds is 4. The molecule has 1 saturated heterocycles. The number of hydrogen-bond acceptors (Lipinski definition) is 4. The Morgan fingerprint density at radius 2 is 1.73 bits per heavy atom. The largest absolute Gasteiger partial charge is 0.416 e. The van der Waals surface area contributed by atoms with Gasteiger partial charge in [-0.2, -0.15) is 18.3 Å². The van der Waals surface area contributed by atoms with Gasteiger partial charge in [-0.1, -0.05) is 12.1 Å². The van der Waals surface area contributed by atoms with E-state index in [0.717, 1.165) is 35.7 Å². The Hall–Kier alpha value is -3.69. The summed E-state index contributed by atoms with van der Waals surface area (Å²) in [7, 11) is 0. The maximum Gasteiger partial charge on any atom is 0.416 e. The zero-order chi connectivity index (χ0) is 23.8. The molecule has 0 spiro atoms. The molecule has 10 heteroatoms. The summed E-state index contributed by atoms with van der Waals surface area (Å²) in [5, 5.41) is 6.43. The number of aromatic nitrogens is 2. The van der Waals surface area contributed by atoms with Crippen LogP contribution in [0.2, 0.25) is 0 Å². The molecule has 0 saturated carbocycles. The van der Waals surface area contributed by atoms with E-state index in [1.54, 1.807) is 6.07 Å². The number of nitrogens with zero attached hydrogens (tertiary/aromatic N) is 3. The SMILES string of the molecule is Cc1cc(=O)c(C(=O)Nc2cc(C(F)(F)F)ccc2N2CCCC2)nn1-c1ccccc1F. The van der Waals surface area contributed by atoms with Crippen LogP contribution in [-0.4, -0.2) is 28.8 Å². The second-order valence-electron chi connectivity index (χ2n) is 7.74. The van der Waals surface area contributed by atoms with Crippen LogP contribution in [0.3, 0.4) is 0 Å². The zero-order valence-electron chi connectivity index (χ0n) is 17.6. The van der Waals surface area contributed by atoms with Gasteiger partial charge in [0.1, 0.15) is 11.5 Å². The van der Waals surface area contributed by atoms with E-state index in [-0.39, 0.29) is 11.4 Å². The van der Waals surface area contributed by atoms with E-state index in [0.29, 0.717) is 24.5 Å². The number of carbonyl (C=O) groups is 1. The highest BCUT2D eigenvalue weighted by Crippen LogP contribution is 2.36. The Balaban J connectivity index is 1.75. The molecule has 0 bridgehead atoms. The first-order valence-electron chi connectivity index (χ1n) is 10.3. The van der Waals surface area contributed by atoms with Gasteiger partial charge in [0.2, 0.25) is 5.43 Å². The van der Waals surface area contributed by atoms with Crippen LogP contribution in [0.25, 0.3) is 5.69 Å². The van der Waals surface area contributed by atoms with E-state index in [4.69, 9.17) is 0 Å². The number of hydrogen-bond donors (Lipinski definition) is 1. The molecule has 3 aromatic rings. The van der Waals surface area contributed by atoms with Gasteiger partial charge in [0.05, 0.1) is 16.9 Å². The molecule has 2 heterocycles. The van der Waals surface area contributed by atoms with Crippen molar-refractivity contribution in [2.24, 2.45) is 0 Å². The van der Waals surface area contributed by atoms with Gasteiger partial charge in [0, 0.05) is 24.8 Å². The molecule has 0 radical (unpaired) electrons. The lowest BCUT2D eigenvalue weighted by molar-refractivity contribution is -0.137. The van der Waals surface area contributed by atoms with Crippen LogP contribution >= 0.6 is 0 Å². The number of para-hydroxylation sites is 1. The van der Waals surface area contributed by atoms with Gasteiger partial charge in [-0.05, 0) is 50.1 Å². The third-order valence-electron chi connectivity index (χ3n) is 5.42. The number of amides is 1. The summed E-state index contributed by atoms with van der Waals surface area (Å²) in [5.74, 6) is -1.60. The molecule has 4 rings (SSSR count). The quantitative estimate of drug-likeness (QED) is 0.580. The molecule has 1 fully saturated rings. The Labute approximate surface area is 186 Å². The van der Waals surface area contributed by atoms with Crippen molar-refractivity contribution in [3.63, 3.8) is 0 Å². The molecule has 1 amide bonds. The monoisotopic (exact) mass is 460 g/mol. The predicted octanol–water partition coefficient (Wildman–Crippen LogP) is 4.55. The predicted molar refractivity (Wildman–Crippen MR) is 115 cm³/mol. The minimum absolute atomic E-state index is 0.0286. The Kier molecular flexibility index (Phi) is 5.92. The molecular weight excluding hydrogens is 440 g/mol. The first-order chi connectivity index (χ1) is 15.6. The summed E-state index contributed by atoms with van der Waals surface area (Å²) in [4.78, 5) is 27.3. The van der Waals surface area contributed by atoms with Crippen molar-refractivity contribution >= 4 is 17.3 Å². The first kappa shape index (κ1) is 22.5. The summed E-state index contributed by atoms with van der Waals surface area (Å²) in [6, 6.07) is 9.93. The van der Waals surface area contributed by atoms with E-state index >= 15 is 0 Å². The van der Waals surface area contributed by atoms with Gasteiger partial charge in [0.25, 0.3) is 5.91 Å². The topological polar surface area (TPSA) is 67.2 Å². The molecule has 33 heavy (non-hydrogen) atoms. The van der Waals surface area contributed by atoms with Gasteiger partial charge in [-0.25, -0.2) is 9.07 Å². The van der Waals surface area contributed by atoms with Gasteiger partial charge in [0.15, 0.2) is 5.69 Å². The second-order valence-corrected chi connectivity index (χ2v) is 7.74. The highest BCUT2D eigenvalue weighted by molar-refractivity contribution is 6.04. The van der Waals surface area contributed by atoms with Crippen molar-refractivity contribution in [1.29, 1.82) is 0 Å². The molecule has 0 atom stereocenters. The maximum absolute atomic E-state index is 14.3. The van der Waals surface area contributed by atoms with Crippen molar-refractivity contribution in [3.05, 3.63) is 81.5 Å². The molecule has 1 aromatic heterocycles. The van der Waals surface area contributed by atoms with Crippen molar-refractivity contribution in [1.82, 2.24) is 9.78 Å². The lowest BCUT2D eigenvalue weighted by Gasteiger charge is -2.23. The lowest BCUT2D eigenvalue weighted by atomic mass is 10.1. The number of halogens is 4. The minimum atomic E-state index is -4.61. The Morgan fingerprint density at radius 3 is 2.39 bits per heavy atom. The van der Waals surface area contributed by atoms with Crippen LogP contribution in [0.5, 0.6) is 0 Å². The third-order valence-corrected chi connectivity index (χ3v) is 5.42. The average Bonchev–Trinajstić information content (AvgIpc) is 3.28. The number of alkyl halides is 3. The molecular formula is C23H20F4N4O2. The average molecular weight is 460 g/mol. The smallest absolute Gasteiger partial charge is 0.370 e. The van der Waals surface area contributed by atoms with Crippen LogP contribution in [0.4, 0.5) is 28.9 Å². The van der Waals surface area contributed by atoms with E-state index in [2.05, 4.69) is 10.4 Å². The van der Waals surface area contributed by atoms with E-state index in [9.17, 15) is 27.2 Å². The fourth-order valence-electron chi connectivity index (χ4n) is 3.80. The van der Waals surface area contributed by atoms with Crippen molar-refractivity contribution in [2.75, 3.05) is 23.3 Å². The maximum atomic E-state index is 14.3. The minimum Gasteiger partial charge on any atom is -0.370 e. The summed E-state index contributed by atoms with van der Waals surface area (Å²) >= 11 is 0. The number of anilines is 2. The summed E-state index contributed by atoms with van der Waals surface area (Å²) in [5.41, 5.74) is -1.55. The molecule has 2 aromatic carbocycles. The third kappa shape index (κ3) is 4.59. The molecule has 0 unspecified atom stereocenters.